The van der Waals surface area contributed by atoms with E-state index in [1.807, 2.05) is 37.3 Å². The summed E-state index contributed by atoms with van der Waals surface area (Å²) in [5.41, 5.74) is 34.3. The van der Waals surface area contributed by atoms with Crippen LogP contribution < -0.4 is 28.4 Å². The number of piperidine rings is 5. The van der Waals surface area contributed by atoms with Gasteiger partial charge in [0.2, 0.25) is 0 Å². The Morgan fingerprint density at radius 2 is 0.612 bits per heavy atom. The number of aliphatic carboxylic acids is 5. The van der Waals surface area contributed by atoms with Gasteiger partial charge in [0.1, 0.15) is 73.3 Å². The maximum Gasteiger partial charge on any atom is 0.310 e. The van der Waals surface area contributed by atoms with Crippen molar-refractivity contribution in [3.63, 3.8) is 0 Å². The van der Waals surface area contributed by atoms with E-state index in [2.05, 4.69) is 211 Å². The van der Waals surface area contributed by atoms with Crippen molar-refractivity contribution in [2.45, 2.75) is 206 Å². The maximum atomic E-state index is 14.2. The molecule has 0 aromatic heterocycles. The second-order valence-corrected chi connectivity index (χ2v) is 43.9. The minimum atomic E-state index is -0.777. The average Bonchev–Trinajstić information content (AvgIpc) is 1.92. The molecule has 770 valence electrons. The molecular formula is C125H142FN5O16. The topological polar surface area (TPSA) is 258 Å². The molecule has 1 aliphatic carbocycles. The summed E-state index contributed by atoms with van der Waals surface area (Å²) >= 11 is 0. The minimum absolute atomic E-state index is 0.0729. The normalized spacial score (nSPS) is 17.8. The second-order valence-electron chi connectivity index (χ2n) is 43.9. The highest BCUT2D eigenvalue weighted by Crippen LogP contribution is 2.51. The molecular weight excluding hydrogens is 1850 g/mol. The highest BCUT2D eigenvalue weighted by molar-refractivity contribution is 5.92. The number of halogens is 1. The summed E-state index contributed by atoms with van der Waals surface area (Å²) in [6.07, 6.45) is 11.1. The van der Waals surface area contributed by atoms with E-state index in [1.165, 1.54) is 145 Å². The smallest absolute Gasteiger partial charge is 0.310 e. The van der Waals surface area contributed by atoms with Crippen molar-refractivity contribution < 1.29 is 82.3 Å². The Labute approximate surface area is 865 Å². The number of para-hydroxylation sites is 3. The van der Waals surface area contributed by atoms with Gasteiger partial charge < -0.3 is 73.6 Å². The number of rotatable bonds is 16. The van der Waals surface area contributed by atoms with Crippen LogP contribution in [0.1, 0.15) is 243 Å². The lowest BCUT2D eigenvalue weighted by Gasteiger charge is -2.34. The fourth-order valence-corrected chi connectivity index (χ4v) is 22.7. The van der Waals surface area contributed by atoms with Crippen molar-refractivity contribution in [2.75, 3.05) is 98.7 Å². The molecule has 1 saturated carbocycles. The molecule has 10 aromatic rings. The van der Waals surface area contributed by atoms with Crippen LogP contribution in [-0.4, -0.2) is 185 Å². The first-order chi connectivity index (χ1) is 70.5. The first kappa shape index (κ1) is 105. The van der Waals surface area contributed by atoms with Gasteiger partial charge in [-0.1, -0.05) is 201 Å². The lowest BCUT2D eigenvalue weighted by atomic mass is 9.85. The number of nitrogens with zero attached hydrogens (tertiary/aromatic N) is 5. The number of likely N-dealkylation sites (tertiary alicyclic amines) is 5. The third-order valence-corrected chi connectivity index (χ3v) is 31.2. The molecule has 10 aliphatic heterocycles. The van der Waals surface area contributed by atoms with Crippen molar-refractivity contribution in [1.29, 1.82) is 0 Å². The van der Waals surface area contributed by atoms with Crippen molar-refractivity contribution >= 4 is 57.7 Å². The summed E-state index contributed by atoms with van der Waals surface area (Å²) < 4.78 is 50.4. The van der Waals surface area contributed by atoms with E-state index in [0.717, 1.165) is 199 Å². The Kier molecular flexibility index (Phi) is 32.4. The average molecular weight is 1990 g/mol. The predicted molar refractivity (Wildman–Crippen MR) is 575 cm³/mol. The van der Waals surface area contributed by atoms with Gasteiger partial charge in [-0.05, 0) is 298 Å². The zero-order valence-electron chi connectivity index (χ0n) is 87.6. The van der Waals surface area contributed by atoms with Gasteiger partial charge in [0.25, 0.3) is 0 Å². The number of aryl methyl sites for hydroxylation is 5. The first-order valence-electron chi connectivity index (χ1n) is 52.3. The molecule has 21 rings (SSSR count). The molecule has 21 nitrogen and oxygen atoms in total. The van der Waals surface area contributed by atoms with Crippen LogP contribution in [0.4, 0.5) is 4.39 Å². The first-order valence-corrected chi connectivity index (χ1v) is 52.3. The fourth-order valence-electron chi connectivity index (χ4n) is 22.7. The molecule has 11 aliphatic rings. The van der Waals surface area contributed by atoms with Crippen LogP contribution in [0.5, 0.6) is 34.5 Å². The van der Waals surface area contributed by atoms with E-state index in [0.29, 0.717) is 65.0 Å². The SMILES string of the molecule is COc1ccc2c(c1)C(=C1CCN(CC(C)(C)C(=O)O)CC1)c1ccc(C)cc1CO2.Cc1ccc2c(c1)COc1ccc(F)cc1C2=C1CCN(CC(C)(C)C(=O)O)CC1.Cc1ccc2c(c1)COc1ccccc1C2=C1CCN(C(C)CC(=O)O)CC1.Cc1ccc2c(c1)COc1ccccc1C2=C1CCN(CC(C)(C)C(=O)O)CC1.Cc1ccc2c(c1)COc1ccccc1C2=C1CCN(CC2(C(=O)O)CC2)CC1. The number of carbonyl (C=O) groups is 5. The molecule has 1 atom stereocenters. The second kappa shape index (κ2) is 45.2. The van der Waals surface area contributed by atoms with Crippen molar-refractivity contribution in [1.82, 2.24) is 24.5 Å². The predicted octanol–water partition coefficient (Wildman–Crippen LogP) is 24.1. The van der Waals surface area contributed by atoms with Crippen LogP contribution in [-0.2, 0) is 57.0 Å². The number of carboxylic acid groups (broad SMARTS) is 5. The molecule has 147 heavy (non-hydrogen) atoms. The number of hydrogen-bond donors (Lipinski definition) is 5. The quantitative estimate of drug-likeness (QED) is 0.0602. The number of hydrogen-bond acceptors (Lipinski definition) is 16. The van der Waals surface area contributed by atoms with Crippen LogP contribution in [0.3, 0.4) is 0 Å². The molecule has 5 N–H and O–H groups in total. The molecule has 0 bridgehead atoms. The maximum absolute atomic E-state index is 14.2. The summed E-state index contributed by atoms with van der Waals surface area (Å²) in [5.74, 6) is 1.37. The summed E-state index contributed by atoms with van der Waals surface area (Å²) in [6.45, 7) is 37.2. The molecule has 22 heteroatoms. The van der Waals surface area contributed by atoms with Gasteiger partial charge in [0.15, 0.2) is 0 Å². The zero-order valence-corrected chi connectivity index (χ0v) is 87.6. The molecule has 5 saturated heterocycles. The van der Waals surface area contributed by atoms with Crippen LogP contribution in [0.2, 0.25) is 0 Å². The largest absolute Gasteiger partial charge is 0.497 e. The van der Waals surface area contributed by atoms with E-state index in [1.54, 1.807) is 60.8 Å². The summed E-state index contributed by atoms with van der Waals surface area (Å²) in [7, 11) is 1.69. The Morgan fingerprint density at radius 1 is 0.340 bits per heavy atom. The van der Waals surface area contributed by atoms with Gasteiger partial charge >= 0.3 is 29.8 Å². The van der Waals surface area contributed by atoms with E-state index in [4.69, 9.17) is 33.5 Å². The van der Waals surface area contributed by atoms with E-state index >= 15 is 0 Å². The number of carboxylic acids is 5. The van der Waals surface area contributed by atoms with Crippen molar-refractivity contribution in [3.8, 4) is 34.5 Å². The Hall–Kier alpha value is -13.2. The lowest BCUT2D eigenvalue weighted by Crippen LogP contribution is -2.42. The molecule has 6 fully saturated rings. The Morgan fingerprint density at radius 3 is 0.898 bits per heavy atom. The van der Waals surface area contributed by atoms with E-state index in [-0.39, 0.29) is 18.3 Å². The highest BCUT2D eigenvalue weighted by atomic mass is 19.1. The molecule has 0 radical (unpaired) electrons. The minimum Gasteiger partial charge on any atom is -0.497 e. The highest BCUT2D eigenvalue weighted by Gasteiger charge is 2.51. The van der Waals surface area contributed by atoms with Crippen LogP contribution in [0, 0.1) is 62.1 Å². The standard InChI is InChI=1S/C26H31NO4.C25H28FNO3.C25H27NO3.C25H29NO3.C24H27NO3/c1-17-5-7-21-19(13-17)15-31-23-8-6-20(30-4)14-22(23)24(21)18-9-11-27(12-10-18)16-26(2,3)25(28)29;1-16-4-6-20-18(12-16)14-30-22-7-5-19(26)13-21(22)23(20)17-8-10-27(11-9-17)15-25(2,3)24(28)29;1-17-6-7-20-19(14-17)15-29-22-5-3-2-4-21(22)23(20)18-8-12-26(13-9-18)16-25(10-11-25)24(27)28;1-17-8-9-20-19(14-17)15-29-22-7-5-4-6-21(22)23(20)18-10-12-26(13-11-18)16-25(2,3)24(27)28;1-16-7-8-20-19(13-16)15-28-22-6-4-3-5-21(22)24(20)18-9-11-25(12-10-18)17(2)14-23(26)27/h5-8,13-14H,9-12,15-16H2,1-4H3,(H,28,29);4-7,12-13H,8-11,14-15H2,1-3H3,(H,28,29);2-7,14H,8-13,15-16H2,1H3,(H,27,28);4-9,14H,10-13,15-16H2,1-3H3,(H,27,28);3-8,13,17H,9-12,14-15H2,1-2H3,(H,26,27). The molecule has 10 aromatic carbocycles. The molecule has 1 unspecified atom stereocenters. The number of ether oxygens (including phenoxy) is 6. The zero-order chi connectivity index (χ0) is 104. The molecule has 0 amide bonds. The van der Waals surface area contributed by atoms with Gasteiger partial charge in [0.05, 0.1) is 35.2 Å². The summed E-state index contributed by atoms with van der Waals surface area (Å²) in [6, 6.07) is 68.7. The number of methoxy groups -OCH3 is 1. The fraction of sp³-hybridized carbons (Fsp3) is 0.400. The number of benzene rings is 10. The van der Waals surface area contributed by atoms with Crippen molar-refractivity contribution in [3.05, 3.63) is 345 Å². The molecule has 0 spiro atoms. The molecule has 10 heterocycles. The van der Waals surface area contributed by atoms with E-state index in [9.17, 15) is 48.8 Å². The van der Waals surface area contributed by atoms with Crippen LogP contribution in [0.15, 0.2) is 228 Å². The van der Waals surface area contributed by atoms with Gasteiger partial charge in [-0.3, -0.25) is 28.9 Å². The van der Waals surface area contributed by atoms with Gasteiger partial charge in [-0.15, -0.1) is 0 Å². The third-order valence-electron chi connectivity index (χ3n) is 31.2. The monoisotopic (exact) mass is 1990 g/mol. The summed E-state index contributed by atoms with van der Waals surface area (Å²) in [4.78, 5) is 68.6. The van der Waals surface area contributed by atoms with Crippen LogP contribution in [0.25, 0.3) is 27.9 Å². The van der Waals surface area contributed by atoms with E-state index < -0.39 is 51.5 Å². The Bertz CT molecular complexity index is 6650. The Balaban J connectivity index is 0.000000126. The van der Waals surface area contributed by atoms with Crippen LogP contribution >= 0.6 is 0 Å². The van der Waals surface area contributed by atoms with Gasteiger partial charge in [0, 0.05) is 125 Å². The number of fused-ring (bicyclic) bond motifs is 10. The van der Waals surface area contributed by atoms with Crippen molar-refractivity contribution in [2.24, 2.45) is 21.7 Å². The van der Waals surface area contributed by atoms with Gasteiger partial charge in [-0.2, -0.15) is 0 Å². The lowest BCUT2D eigenvalue weighted by molar-refractivity contribution is -0.148. The third kappa shape index (κ3) is 24.4. The summed E-state index contributed by atoms with van der Waals surface area (Å²) in [5, 5.41) is 47.0. The van der Waals surface area contributed by atoms with Gasteiger partial charge in [-0.25, -0.2) is 4.39 Å².